The van der Waals surface area contributed by atoms with Crippen LogP contribution in [0.2, 0.25) is 0 Å². The number of hydrogen-bond donors (Lipinski definition) is 1. The maximum atomic E-state index is 13.0. The van der Waals surface area contributed by atoms with Crippen LogP contribution in [0, 0.1) is 5.82 Å². The van der Waals surface area contributed by atoms with Gasteiger partial charge in [-0.25, -0.2) is 4.39 Å². The molecule has 0 radical (unpaired) electrons. The molecular weight excluding hydrogens is 411 g/mol. The third kappa shape index (κ3) is 5.14. The van der Waals surface area contributed by atoms with Crippen molar-refractivity contribution >= 4 is 17.4 Å². The van der Waals surface area contributed by atoms with Crippen LogP contribution in [0.25, 0.3) is 11.3 Å². The molecule has 1 amide bonds. The number of anilines is 1. The molecule has 7 heteroatoms. The Morgan fingerprint density at radius 2 is 1.66 bits per heavy atom. The molecule has 6 nitrogen and oxygen atoms in total. The Hall–Kier alpha value is -4.10. The van der Waals surface area contributed by atoms with Gasteiger partial charge in [0.2, 0.25) is 5.91 Å². The number of nitrogens with one attached hydrogen (secondary N) is 1. The zero-order valence-corrected chi connectivity index (χ0v) is 17.0. The number of ketones is 1. The molecule has 4 aromatic rings. The van der Waals surface area contributed by atoms with Crippen LogP contribution in [-0.2, 0) is 16.1 Å². The summed E-state index contributed by atoms with van der Waals surface area (Å²) in [6, 6.07) is 23.2. The molecule has 0 spiro atoms. The van der Waals surface area contributed by atoms with E-state index in [0.29, 0.717) is 33.8 Å². The first-order chi connectivity index (χ1) is 15.6. The number of amides is 1. The zero-order chi connectivity index (χ0) is 22.3. The summed E-state index contributed by atoms with van der Waals surface area (Å²) in [5.41, 5.74) is 2.52. The van der Waals surface area contributed by atoms with Gasteiger partial charge in [-0.05, 0) is 36.4 Å². The molecule has 0 aliphatic heterocycles. The van der Waals surface area contributed by atoms with Gasteiger partial charge >= 0.3 is 0 Å². The van der Waals surface area contributed by atoms with Crippen molar-refractivity contribution in [2.24, 2.45) is 0 Å². The molecule has 160 valence electrons. The Morgan fingerprint density at radius 1 is 0.938 bits per heavy atom. The minimum Gasteiger partial charge on any atom is -0.365 e. The second-order valence-corrected chi connectivity index (χ2v) is 6.97. The number of halogens is 1. The molecule has 3 aromatic carbocycles. The van der Waals surface area contributed by atoms with Gasteiger partial charge in [-0.3, -0.25) is 9.59 Å². The summed E-state index contributed by atoms with van der Waals surface area (Å²) in [4.78, 5) is 25.1. The Labute approximate surface area is 183 Å². The summed E-state index contributed by atoms with van der Waals surface area (Å²) in [6.07, 6.45) is 0. The maximum Gasteiger partial charge on any atom is 0.250 e. The highest BCUT2D eigenvalue weighted by atomic mass is 19.1. The summed E-state index contributed by atoms with van der Waals surface area (Å²) < 4.78 is 23.7. The van der Waals surface area contributed by atoms with Crippen LogP contribution >= 0.6 is 0 Å². The van der Waals surface area contributed by atoms with Crippen LogP contribution in [0.5, 0.6) is 0 Å². The smallest absolute Gasteiger partial charge is 0.250 e. The molecule has 0 aliphatic carbocycles. The second-order valence-electron chi connectivity index (χ2n) is 6.97. The fourth-order valence-corrected chi connectivity index (χ4v) is 3.10. The van der Waals surface area contributed by atoms with Crippen molar-refractivity contribution in [2.75, 3.05) is 11.9 Å². The molecule has 0 atom stereocenters. The molecule has 0 fully saturated rings. The number of aromatic nitrogens is 1. The normalized spacial score (nSPS) is 10.7. The lowest BCUT2D eigenvalue weighted by Crippen LogP contribution is -2.20. The number of nitrogens with zero attached hydrogens (tertiary/aromatic N) is 1. The van der Waals surface area contributed by atoms with Crippen molar-refractivity contribution in [3.8, 4) is 11.3 Å². The second kappa shape index (κ2) is 9.80. The van der Waals surface area contributed by atoms with E-state index in [2.05, 4.69) is 10.5 Å². The van der Waals surface area contributed by atoms with E-state index in [-0.39, 0.29) is 24.8 Å². The molecule has 1 heterocycles. The van der Waals surface area contributed by atoms with Crippen molar-refractivity contribution in [2.45, 2.75) is 6.61 Å². The van der Waals surface area contributed by atoms with Gasteiger partial charge in [0.1, 0.15) is 18.1 Å². The molecule has 1 aromatic heterocycles. The summed E-state index contributed by atoms with van der Waals surface area (Å²) in [7, 11) is 0. The van der Waals surface area contributed by atoms with E-state index in [1.165, 1.54) is 12.1 Å². The Bertz CT molecular complexity index is 1220. The molecule has 0 aliphatic rings. The Morgan fingerprint density at radius 3 is 2.44 bits per heavy atom. The average molecular weight is 430 g/mol. The van der Waals surface area contributed by atoms with Crippen LogP contribution < -0.4 is 5.32 Å². The molecule has 0 bridgehead atoms. The maximum absolute atomic E-state index is 13.0. The van der Waals surface area contributed by atoms with Crippen molar-refractivity contribution < 1.29 is 23.2 Å². The van der Waals surface area contributed by atoms with Crippen molar-refractivity contribution in [1.82, 2.24) is 5.16 Å². The van der Waals surface area contributed by atoms with E-state index in [9.17, 15) is 14.0 Å². The largest absolute Gasteiger partial charge is 0.365 e. The SMILES string of the molecule is O=C(COCc1cc(-c2ccc(F)cc2)on1)Nc1ccccc1C(=O)c1ccccc1. The van der Waals surface area contributed by atoms with Crippen LogP contribution in [0.15, 0.2) is 89.5 Å². The predicted octanol–water partition coefficient (Wildman–Crippen LogP) is 4.87. The fraction of sp³-hybridized carbons (Fsp3) is 0.0800. The van der Waals surface area contributed by atoms with Crippen molar-refractivity contribution in [3.63, 3.8) is 0 Å². The minimum atomic E-state index is -0.402. The number of ether oxygens (including phenoxy) is 1. The van der Waals surface area contributed by atoms with Crippen molar-refractivity contribution in [1.29, 1.82) is 0 Å². The molecule has 0 saturated carbocycles. The van der Waals surface area contributed by atoms with Gasteiger partial charge in [0.05, 0.1) is 12.3 Å². The fourth-order valence-electron chi connectivity index (χ4n) is 3.10. The molecule has 32 heavy (non-hydrogen) atoms. The number of hydrogen-bond acceptors (Lipinski definition) is 5. The number of rotatable bonds is 8. The van der Waals surface area contributed by atoms with Crippen LogP contribution in [0.1, 0.15) is 21.6 Å². The van der Waals surface area contributed by atoms with Gasteiger partial charge in [0.25, 0.3) is 0 Å². The first-order valence-corrected chi connectivity index (χ1v) is 9.88. The summed E-state index contributed by atoms with van der Waals surface area (Å²) in [5, 5.41) is 6.62. The van der Waals surface area contributed by atoms with E-state index in [1.807, 2.05) is 6.07 Å². The lowest BCUT2D eigenvalue weighted by molar-refractivity contribution is -0.121. The molecular formula is C25H19FN2O4. The molecule has 0 saturated heterocycles. The third-order valence-corrected chi connectivity index (χ3v) is 4.65. The van der Waals surface area contributed by atoms with Crippen LogP contribution in [-0.4, -0.2) is 23.5 Å². The summed E-state index contributed by atoms with van der Waals surface area (Å²) >= 11 is 0. The topological polar surface area (TPSA) is 81.4 Å². The van der Waals surface area contributed by atoms with Crippen LogP contribution in [0.3, 0.4) is 0 Å². The molecule has 4 rings (SSSR count). The van der Waals surface area contributed by atoms with E-state index >= 15 is 0 Å². The van der Waals surface area contributed by atoms with Gasteiger partial charge in [-0.15, -0.1) is 0 Å². The lowest BCUT2D eigenvalue weighted by atomic mass is 10.0. The average Bonchev–Trinajstić information content (AvgIpc) is 3.29. The Balaban J connectivity index is 1.33. The summed E-state index contributed by atoms with van der Waals surface area (Å²) in [6.45, 7) is -0.171. The highest BCUT2D eigenvalue weighted by Crippen LogP contribution is 2.21. The van der Waals surface area contributed by atoms with Crippen LogP contribution in [0.4, 0.5) is 10.1 Å². The molecule has 1 N–H and O–H groups in total. The van der Waals surface area contributed by atoms with E-state index in [0.717, 1.165) is 0 Å². The van der Waals surface area contributed by atoms with Gasteiger partial charge in [0, 0.05) is 22.8 Å². The first kappa shape index (κ1) is 21.1. The van der Waals surface area contributed by atoms with Gasteiger partial charge in [0.15, 0.2) is 11.5 Å². The minimum absolute atomic E-state index is 0.0582. The zero-order valence-electron chi connectivity index (χ0n) is 17.0. The van der Waals surface area contributed by atoms with Gasteiger partial charge in [-0.2, -0.15) is 0 Å². The monoisotopic (exact) mass is 430 g/mol. The number of carbonyl (C=O) groups is 2. The molecule has 0 unspecified atom stereocenters. The van der Waals surface area contributed by atoms with Crippen molar-refractivity contribution in [3.05, 3.63) is 108 Å². The number of carbonyl (C=O) groups excluding carboxylic acids is 2. The van der Waals surface area contributed by atoms with Gasteiger partial charge < -0.3 is 14.6 Å². The Kier molecular flexibility index (Phi) is 6.48. The highest BCUT2D eigenvalue weighted by Gasteiger charge is 2.15. The third-order valence-electron chi connectivity index (χ3n) is 4.65. The number of benzene rings is 3. The van der Waals surface area contributed by atoms with E-state index in [4.69, 9.17) is 9.26 Å². The lowest BCUT2D eigenvalue weighted by Gasteiger charge is -2.10. The standard InChI is InChI=1S/C25H19FN2O4/c26-19-12-10-17(11-13-19)23-14-20(28-32-23)15-31-16-24(29)27-22-9-5-4-8-21(22)25(30)18-6-2-1-3-7-18/h1-14H,15-16H2,(H,27,29). The first-order valence-electron chi connectivity index (χ1n) is 9.88. The van der Waals surface area contributed by atoms with E-state index < -0.39 is 5.91 Å². The predicted molar refractivity (Wildman–Crippen MR) is 116 cm³/mol. The number of para-hydroxylation sites is 1. The van der Waals surface area contributed by atoms with Gasteiger partial charge in [-0.1, -0.05) is 47.6 Å². The van der Waals surface area contributed by atoms with E-state index in [1.54, 1.807) is 66.7 Å². The highest BCUT2D eigenvalue weighted by molar-refractivity contribution is 6.13. The quantitative estimate of drug-likeness (QED) is 0.404. The summed E-state index contributed by atoms with van der Waals surface area (Å²) in [5.74, 6) is -0.449.